The Kier molecular flexibility index (Phi) is 7.69. The van der Waals surface area contributed by atoms with Crippen molar-refractivity contribution in [3.05, 3.63) is 41.5 Å². The van der Waals surface area contributed by atoms with Crippen molar-refractivity contribution in [1.29, 1.82) is 5.26 Å². The van der Waals surface area contributed by atoms with Crippen molar-refractivity contribution < 1.29 is 19.1 Å². The van der Waals surface area contributed by atoms with Gasteiger partial charge in [-0.1, -0.05) is 11.6 Å². The molecule has 0 aliphatic heterocycles. The second-order valence-corrected chi connectivity index (χ2v) is 6.21. The number of amides is 1. The molecule has 1 N–H and O–H groups in total. The van der Waals surface area contributed by atoms with E-state index in [9.17, 15) is 9.59 Å². The molecule has 1 amide bonds. The van der Waals surface area contributed by atoms with Crippen LogP contribution in [0.25, 0.3) is 0 Å². The second-order valence-electron chi connectivity index (χ2n) is 6.21. The first-order valence-corrected chi connectivity index (χ1v) is 8.86. The molecular formula is C20H24N2O4. The number of carbonyl (C=O) groups excluding carboxylic acids is 2. The summed E-state index contributed by atoms with van der Waals surface area (Å²) in [5.41, 5.74) is 1.89. The van der Waals surface area contributed by atoms with Crippen LogP contribution in [0.2, 0.25) is 0 Å². The van der Waals surface area contributed by atoms with Gasteiger partial charge in [0.15, 0.2) is 12.7 Å². The highest BCUT2D eigenvalue weighted by Gasteiger charge is 2.18. The first kappa shape index (κ1) is 19.5. The van der Waals surface area contributed by atoms with Gasteiger partial charge in [-0.3, -0.25) is 4.79 Å². The smallest absolute Gasteiger partial charge is 0.344 e. The van der Waals surface area contributed by atoms with Crippen LogP contribution in [0.4, 0.5) is 0 Å². The van der Waals surface area contributed by atoms with Crippen LogP contribution in [0.5, 0.6) is 5.75 Å². The van der Waals surface area contributed by atoms with Gasteiger partial charge < -0.3 is 14.8 Å². The largest absolute Gasteiger partial charge is 0.482 e. The Morgan fingerprint density at radius 2 is 2.04 bits per heavy atom. The highest BCUT2D eigenvalue weighted by Crippen LogP contribution is 2.19. The van der Waals surface area contributed by atoms with Crippen LogP contribution < -0.4 is 10.1 Å². The van der Waals surface area contributed by atoms with Crippen LogP contribution in [0.3, 0.4) is 0 Å². The zero-order chi connectivity index (χ0) is 18.8. The second kappa shape index (κ2) is 10.2. The SMILES string of the molecule is C[C@H](OC(=O)COc1ccc(C#N)cc1)C(=O)NCCC1=CCCCC1. The van der Waals surface area contributed by atoms with Crippen molar-refractivity contribution in [2.45, 2.75) is 45.1 Å². The quantitative estimate of drug-likeness (QED) is 0.571. The van der Waals surface area contributed by atoms with Gasteiger partial charge in [-0.15, -0.1) is 0 Å². The molecule has 0 spiro atoms. The molecule has 0 aromatic heterocycles. The van der Waals surface area contributed by atoms with Crippen LogP contribution in [-0.2, 0) is 14.3 Å². The first-order chi connectivity index (χ1) is 12.6. The Morgan fingerprint density at radius 1 is 1.27 bits per heavy atom. The summed E-state index contributed by atoms with van der Waals surface area (Å²) in [5, 5.41) is 11.5. The van der Waals surface area contributed by atoms with Gasteiger partial charge in [0.2, 0.25) is 0 Å². The monoisotopic (exact) mass is 356 g/mol. The summed E-state index contributed by atoms with van der Waals surface area (Å²) in [7, 11) is 0. The number of carbonyl (C=O) groups is 2. The van der Waals surface area contributed by atoms with E-state index < -0.39 is 12.1 Å². The standard InChI is InChI=1S/C20H24N2O4/c1-15(20(24)22-12-11-16-5-3-2-4-6-16)26-19(23)14-25-18-9-7-17(13-21)8-10-18/h5,7-10,15H,2-4,6,11-12,14H2,1H3,(H,22,24)/t15-/m0/s1. The Morgan fingerprint density at radius 3 is 2.69 bits per heavy atom. The van der Waals surface area contributed by atoms with E-state index in [0.29, 0.717) is 17.9 Å². The molecular weight excluding hydrogens is 332 g/mol. The number of rotatable bonds is 8. The highest BCUT2D eigenvalue weighted by molar-refractivity contribution is 5.83. The molecule has 6 heteroatoms. The topological polar surface area (TPSA) is 88.4 Å². The third-order valence-corrected chi connectivity index (χ3v) is 4.15. The lowest BCUT2D eigenvalue weighted by atomic mass is 9.97. The maximum absolute atomic E-state index is 12.0. The molecule has 6 nitrogen and oxygen atoms in total. The Hall–Kier alpha value is -2.81. The van der Waals surface area contributed by atoms with Gasteiger partial charge >= 0.3 is 5.97 Å². The van der Waals surface area contributed by atoms with Gasteiger partial charge in [-0.2, -0.15) is 5.26 Å². The zero-order valence-corrected chi connectivity index (χ0v) is 15.0. The fraction of sp³-hybridized carbons (Fsp3) is 0.450. The van der Waals surface area contributed by atoms with E-state index >= 15 is 0 Å². The van der Waals surface area contributed by atoms with Gasteiger partial charge in [0, 0.05) is 6.54 Å². The molecule has 2 rings (SSSR count). The maximum atomic E-state index is 12.0. The molecule has 1 aliphatic rings. The molecule has 1 aromatic carbocycles. The Bertz CT molecular complexity index is 689. The summed E-state index contributed by atoms with van der Waals surface area (Å²) in [6, 6.07) is 8.39. The van der Waals surface area contributed by atoms with E-state index in [1.165, 1.54) is 25.3 Å². The lowest BCUT2D eigenvalue weighted by Crippen LogP contribution is -2.37. The number of hydrogen-bond acceptors (Lipinski definition) is 5. The van der Waals surface area contributed by atoms with E-state index in [0.717, 1.165) is 19.3 Å². The number of ether oxygens (including phenoxy) is 2. The van der Waals surface area contributed by atoms with Crippen molar-refractivity contribution in [2.75, 3.05) is 13.2 Å². The van der Waals surface area contributed by atoms with Gasteiger partial charge in [-0.05, 0) is 63.3 Å². The zero-order valence-electron chi connectivity index (χ0n) is 15.0. The van der Waals surface area contributed by atoms with Crippen molar-refractivity contribution in [3.8, 4) is 11.8 Å². The predicted octanol–water partition coefficient (Wildman–Crippen LogP) is 2.88. The van der Waals surface area contributed by atoms with Crippen molar-refractivity contribution in [1.82, 2.24) is 5.32 Å². The Labute approximate surface area is 153 Å². The highest BCUT2D eigenvalue weighted by atomic mass is 16.6. The molecule has 1 atom stereocenters. The third kappa shape index (κ3) is 6.60. The van der Waals surface area contributed by atoms with Crippen molar-refractivity contribution in [2.24, 2.45) is 0 Å². The third-order valence-electron chi connectivity index (χ3n) is 4.15. The van der Waals surface area contributed by atoms with E-state index in [2.05, 4.69) is 11.4 Å². The molecule has 0 unspecified atom stereocenters. The summed E-state index contributed by atoms with van der Waals surface area (Å²) >= 11 is 0. The van der Waals surface area contributed by atoms with Crippen LogP contribution in [0.15, 0.2) is 35.9 Å². The van der Waals surface area contributed by atoms with Gasteiger partial charge in [0.05, 0.1) is 11.6 Å². The number of benzene rings is 1. The fourth-order valence-electron chi connectivity index (χ4n) is 2.67. The summed E-state index contributed by atoms with van der Waals surface area (Å²) in [4.78, 5) is 23.8. The van der Waals surface area contributed by atoms with Gasteiger partial charge in [-0.25, -0.2) is 4.79 Å². The lowest BCUT2D eigenvalue weighted by Gasteiger charge is -2.15. The van der Waals surface area contributed by atoms with Crippen molar-refractivity contribution >= 4 is 11.9 Å². The number of hydrogen-bond donors (Lipinski definition) is 1. The number of nitrogens with zero attached hydrogens (tertiary/aromatic N) is 1. The first-order valence-electron chi connectivity index (χ1n) is 8.86. The summed E-state index contributed by atoms with van der Waals surface area (Å²) < 4.78 is 10.4. The number of nitriles is 1. The lowest BCUT2D eigenvalue weighted by molar-refractivity contribution is -0.156. The minimum atomic E-state index is -0.868. The van der Waals surface area contributed by atoms with E-state index in [-0.39, 0.29) is 12.5 Å². The molecule has 0 fully saturated rings. The molecule has 1 aromatic rings. The summed E-state index contributed by atoms with van der Waals surface area (Å²) in [5.74, 6) is -0.473. The van der Waals surface area contributed by atoms with Crippen molar-refractivity contribution in [3.63, 3.8) is 0 Å². The van der Waals surface area contributed by atoms with E-state index in [4.69, 9.17) is 14.7 Å². The molecule has 0 radical (unpaired) electrons. The minimum absolute atomic E-state index is 0.295. The minimum Gasteiger partial charge on any atom is -0.482 e. The molecule has 26 heavy (non-hydrogen) atoms. The Balaban J connectivity index is 1.65. The van der Waals surface area contributed by atoms with Gasteiger partial charge in [0.25, 0.3) is 5.91 Å². The average Bonchev–Trinajstić information content (AvgIpc) is 2.67. The molecule has 0 bridgehead atoms. The summed E-state index contributed by atoms with van der Waals surface area (Å²) in [6.45, 7) is 1.79. The fourth-order valence-corrected chi connectivity index (χ4v) is 2.67. The van der Waals surface area contributed by atoms with Crippen LogP contribution in [0, 0.1) is 11.3 Å². The van der Waals surface area contributed by atoms with E-state index in [1.807, 2.05) is 6.07 Å². The molecule has 0 saturated carbocycles. The molecule has 1 aliphatic carbocycles. The van der Waals surface area contributed by atoms with Crippen LogP contribution in [0.1, 0.15) is 44.6 Å². The predicted molar refractivity (Wildman–Crippen MR) is 96.4 cm³/mol. The number of nitrogens with one attached hydrogen (secondary N) is 1. The normalized spacial score (nSPS) is 14.5. The molecule has 0 saturated heterocycles. The van der Waals surface area contributed by atoms with Gasteiger partial charge in [0.1, 0.15) is 5.75 Å². The molecule has 138 valence electrons. The average molecular weight is 356 g/mol. The van der Waals surface area contributed by atoms with Crippen LogP contribution in [-0.4, -0.2) is 31.1 Å². The number of allylic oxidation sites excluding steroid dienone is 1. The summed E-state index contributed by atoms with van der Waals surface area (Å²) in [6.07, 6.45) is 6.91. The maximum Gasteiger partial charge on any atom is 0.344 e. The molecule has 0 heterocycles. The van der Waals surface area contributed by atoms with Crippen LogP contribution >= 0.6 is 0 Å². The number of esters is 1. The van der Waals surface area contributed by atoms with E-state index in [1.54, 1.807) is 24.3 Å².